The molecule has 3 aromatic carbocycles. The smallest absolute Gasteiger partial charge is 0.381 e. The first kappa shape index (κ1) is 33.4. The van der Waals surface area contributed by atoms with E-state index in [1.165, 1.54) is 24.0 Å². The lowest BCUT2D eigenvalue weighted by Crippen LogP contribution is -2.57. The van der Waals surface area contributed by atoms with E-state index in [-0.39, 0.29) is 17.8 Å². The molecule has 0 aliphatic heterocycles. The number of aromatic nitrogens is 2. The summed E-state index contributed by atoms with van der Waals surface area (Å²) in [6.45, 7) is -1.08. The van der Waals surface area contributed by atoms with Gasteiger partial charge < -0.3 is 21.1 Å². The zero-order valence-electron chi connectivity index (χ0n) is 24.3. The molecule has 0 saturated heterocycles. The van der Waals surface area contributed by atoms with E-state index in [0.717, 1.165) is 36.2 Å². The molecule has 0 aliphatic rings. The molecule has 0 bridgehead atoms. The number of likely N-dealkylation sites (N-methyl/N-ethyl adjacent to an activating group) is 2. The van der Waals surface area contributed by atoms with Crippen LogP contribution in [-0.2, 0) is 14.8 Å². The van der Waals surface area contributed by atoms with E-state index in [9.17, 15) is 40.7 Å². The summed E-state index contributed by atoms with van der Waals surface area (Å²) >= 11 is 0. The molecule has 1 aromatic heterocycles. The first-order valence-electron chi connectivity index (χ1n) is 13.3. The van der Waals surface area contributed by atoms with Crippen molar-refractivity contribution in [3.63, 3.8) is 0 Å². The fraction of sp³-hybridized carbons (Fsp3) is 0.276. The van der Waals surface area contributed by atoms with Crippen molar-refractivity contribution in [1.29, 1.82) is 0 Å². The minimum atomic E-state index is -5.26. The van der Waals surface area contributed by atoms with Crippen molar-refractivity contribution >= 4 is 38.4 Å². The lowest BCUT2D eigenvalue weighted by Gasteiger charge is -2.34. The number of alkyl halides is 3. The van der Waals surface area contributed by atoms with Crippen LogP contribution in [0.5, 0.6) is 0 Å². The Hall–Kier alpha value is -4.54. The van der Waals surface area contributed by atoms with E-state index < -0.39 is 57.4 Å². The normalized spacial score (nSPS) is 13.5. The van der Waals surface area contributed by atoms with Crippen LogP contribution in [0.25, 0.3) is 16.6 Å². The van der Waals surface area contributed by atoms with Crippen LogP contribution in [0.2, 0.25) is 0 Å². The highest BCUT2D eigenvalue weighted by molar-refractivity contribution is 7.89. The fourth-order valence-electron chi connectivity index (χ4n) is 4.64. The molecule has 1 heterocycles. The quantitative estimate of drug-likeness (QED) is 0.211. The number of halogens is 4. The molecule has 0 radical (unpaired) electrons. The van der Waals surface area contributed by atoms with Gasteiger partial charge in [-0.05, 0) is 67.1 Å². The number of aliphatic hydroxyl groups is 1. The van der Waals surface area contributed by atoms with Crippen molar-refractivity contribution in [3.05, 3.63) is 83.8 Å². The molecule has 11 nitrogen and oxygen atoms in total. The Balaban J connectivity index is 1.63. The Labute approximate surface area is 255 Å². The van der Waals surface area contributed by atoms with Gasteiger partial charge >= 0.3 is 6.18 Å². The number of nitrogens with one attached hydrogen (secondary N) is 1. The number of hydrogen-bond donors (Lipinski definition) is 3. The second-order valence-electron chi connectivity index (χ2n) is 10.6. The summed E-state index contributed by atoms with van der Waals surface area (Å²) in [5, 5.41) is 18.1. The van der Waals surface area contributed by atoms with Crippen LogP contribution >= 0.6 is 0 Å². The molecule has 4 N–H and O–H groups in total. The SMILES string of the molecule is Cc1cc(NCC(O)(CN(C)S(=O)(=O)c2ccc(F)cc2)C(F)(F)F)c2cnn(-c3cccc(C(=O)N(C)CC(N)=O)c3)c2c1. The second-order valence-corrected chi connectivity index (χ2v) is 12.6. The number of primary amides is 1. The number of sulfonamides is 1. The summed E-state index contributed by atoms with van der Waals surface area (Å²) in [6, 6.07) is 13.1. The molecule has 2 amide bonds. The van der Waals surface area contributed by atoms with E-state index in [1.807, 2.05) is 0 Å². The van der Waals surface area contributed by atoms with Crippen molar-refractivity contribution in [2.45, 2.75) is 23.6 Å². The highest BCUT2D eigenvalue weighted by Crippen LogP contribution is 2.34. The molecule has 45 heavy (non-hydrogen) atoms. The second kappa shape index (κ2) is 12.5. The number of fused-ring (bicyclic) bond motifs is 1. The van der Waals surface area contributed by atoms with Gasteiger partial charge in [0.05, 0.1) is 41.9 Å². The minimum Gasteiger partial charge on any atom is -0.381 e. The average Bonchev–Trinajstić information content (AvgIpc) is 3.38. The highest BCUT2D eigenvalue weighted by atomic mass is 32.2. The van der Waals surface area contributed by atoms with Gasteiger partial charge in [-0.25, -0.2) is 17.5 Å². The van der Waals surface area contributed by atoms with Gasteiger partial charge in [-0.1, -0.05) is 6.07 Å². The van der Waals surface area contributed by atoms with Gasteiger partial charge in [-0.15, -0.1) is 0 Å². The zero-order chi connectivity index (χ0) is 33.3. The Morgan fingerprint density at radius 3 is 2.36 bits per heavy atom. The first-order chi connectivity index (χ1) is 20.9. The molecular formula is C29H30F4N6O5S. The number of amides is 2. The Morgan fingerprint density at radius 1 is 1.07 bits per heavy atom. The number of anilines is 1. The number of carbonyl (C=O) groups excluding carboxylic acids is 2. The van der Waals surface area contributed by atoms with Gasteiger partial charge in [0.2, 0.25) is 15.9 Å². The molecule has 0 saturated carbocycles. The Bertz CT molecular complexity index is 1850. The van der Waals surface area contributed by atoms with E-state index in [4.69, 9.17) is 5.73 Å². The van der Waals surface area contributed by atoms with Gasteiger partial charge in [0.15, 0.2) is 5.60 Å². The average molecular weight is 651 g/mol. The van der Waals surface area contributed by atoms with Crippen LogP contribution in [0.3, 0.4) is 0 Å². The minimum absolute atomic E-state index is 0.177. The Morgan fingerprint density at radius 2 is 1.73 bits per heavy atom. The molecule has 16 heteroatoms. The monoisotopic (exact) mass is 650 g/mol. The number of nitrogens with zero attached hydrogens (tertiary/aromatic N) is 4. The molecule has 240 valence electrons. The molecule has 0 spiro atoms. The maximum absolute atomic E-state index is 14.2. The maximum Gasteiger partial charge on any atom is 0.420 e. The lowest BCUT2D eigenvalue weighted by molar-refractivity contribution is -0.255. The predicted molar refractivity (Wildman–Crippen MR) is 158 cm³/mol. The van der Waals surface area contributed by atoms with Gasteiger partial charge in [0, 0.05) is 30.7 Å². The van der Waals surface area contributed by atoms with E-state index in [1.54, 1.807) is 37.3 Å². The van der Waals surface area contributed by atoms with Crippen LogP contribution < -0.4 is 11.1 Å². The van der Waals surface area contributed by atoms with Gasteiger partial charge in [-0.2, -0.15) is 22.6 Å². The lowest BCUT2D eigenvalue weighted by atomic mass is 10.0. The highest BCUT2D eigenvalue weighted by Gasteiger charge is 2.55. The first-order valence-corrected chi connectivity index (χ1v) is 14.7. The fourth-order valence-corrected chi connectivity index (χ4v) is 5.87. The van der Waals surface area contributed by atoms with Crippen molar-refractivity contribution in [3.8, 4) is 5.69 Å². The molecule has 0 fully saturated rings. The number of aryl methyl sites for hydroxylation is 1. The van der Waals surface area contributed by atoms with Crippen molar-refractivity contribution in [2.75, 3.05) is 39.0 Å². The maximum atomic E-state index is 14.2. The third kappa shape index (κ3) is 7.08. The standard InChI is InChI=1S/C29H30F4N6O5S/c1-18-11-24(35-16-28(42,29(31,32)33)17-38(3)45(43,44)22-9-7-20(30)8-10-22)23-14-36-39(25(23)12-18)21-6-4-5-19(13-21)27(41)37(2)15-26(34)40/h4-14,35,42H,15-17H2,1-3H3,(H2,34,40). The van der Waals surface area contributed by atoms with Crippen LogP contribution in [0.1, 0.15) is 15.9 Å². The van der Waals surface area contributed by atoms with Crippen LogP contribution in [0.15, 0.2) is 71.8 Å². The largest absolute Gasteiger partial charge is 0.420 e. The van der Waals surface area contributed by atoms with Crippen molar-refractivity contribution in [1.82, 2.24) is 19.0 Å². The van der Waals surface area contributed by atoms with Gasteiger partial charge in [0.1, 0.15) is 5.82 Å². The van der Waals surface area contributed by atoms with E-state index in [2.05, 4.69) is 10.4 Å². The van der Waals surface area contributed by atoms with Gasteiger partial charge in [0.25, 0.3) is 5.91 Å². The number of nitrogens with two attached hydrogens (primary N) is 1. The number of rotatable bonds is 11. The van der Waals surface area contributed by atoms with Gasteiger partial charge in [-0.3, -0.25) is 9.59 Å². The number of carbonyl (C=O) groups is 2. The summed E-state index contributed by atoms with van der Waals surface area (Å²) in [4.78, 5) is 24.7. The molecule has 4 rings (SSSR count). The molecular weight excluding hydrogens is 620 g/mol. The Kier molecular flexibility index (Phi) is 9.23. The summed E-state index contributed by atoms with van der Waals surface area (Å²) < 4.78 is 83.5. The molecule has 1 atom stereocenters. The number of hydrogen-bond acceptors (Lipinski definition) is 7. The van der Waals surface area contributed by atoms with Crippen LogP contribution in [0.4, 0.5) is 23.2 Å². The summed E-state index contributed by atoms with van der Waals surface area (Å²) in [5.74, 6) is -1.88. The van der Waals surface area contributed by atoms with Crippen LogP contribution in [-0.4, -0.2) is 89.8 Å². The van der Waals surface area contributed by atoms with Crippen molar-refractivity contribution < 1.29 is 40.7 Å². The third-order valence-corrected chi connectivity index (χ3v) is 8.83. The number of benzene rings is 3. The zero-order valence-corrected chi connectivity index (χ0v) is 25.2. The molecule has 1 unspecified atom stereocenters. The topological polar surface area (TPSA) is 151 Å². The summed E-state index contributed by atoms with van der Waals surface area (Å²) in [5.41, 5.74) is 3.58. The summed E-state index contributed by atoms with van der Waals surface area (Å²) in [6.07, 6.45) is -3.86. The predicted octanol–water partition coefficient (Wildman–Crippen LogP) is 3.06. The van der Waals surface area contributed by atoms with E-state index >= 15 is 0 Å². The van der Waals surface area contributed by atoms with E-state index in [0.29, 0.717) is 26.5 Å². The van der Waals surface area contributed by atoms with Crippen molar-refractivity contribution in [2.24, 2.45) is 5.73 Å². The molecule has 0 aliphatic carbocycles. The summed E-state index contributed by atoms with van der Waals surface area (Å²) in [7, 11) is -2.20. The molecule has 4 aromatic rings. The van der Waals surface area contributed by atoms with Crippen LogP contribution in [0, 0.1) is 12.7 Å². The third-order valence-electron chi connectivity index (χ3n) is 7.02.